The monoisotopic (exact) mass is 451 g/mol. The van der Waals surface area contributed by atoms with Crippen LogP contribution in [0.25, 0.3) is 17.1 Å². The lowest BCUT2D eigenvalue weighted by molar-refractivity contribution is -0.116. The van der Waals surface area contributed by atoms with E-state index in [1.54, 1.807) is 24.4 Å². The summed E-state index contributed by atoms with van der Waals surface area (Å²) in [5.41, 5.74) is 7.70. The fraction of sp³-hybridized carbons (Fsp3) is 0.0435. The molecule has 0 saturated heterocycles. The van der Waals surface area contributed by atoms with Gasteiger partial charge in [-0.3, -0.25) is 4.79 Å². The summed E-state index contributed by atoms with van der Waals surface area (Å²) >= 11 is 7.84. The molecule has 0 radical (unpaired) electrons. The summed E-state index contributed by atoms with van der Waals surface area (Å²) in [7, 11) is 0. The highest BCUT2D eigenvalue weighted by Crippen LogP contribution is 2.15. The Hall–Kier alpha value is -3.55. The number of hydrogen-bond acceptors (Lipinski definition) is 4. The highest BCUT2D eigenvalue weighted by molar-refractivity contribution is 7.89. The quantitative estimate of drug-likeness (QED) is 0.280. The number of nitrogens with zero attached hydrogens (tertiary/aromatic N) is 1. The Morgan fingerprint density at radius 2 is 2.19 bits per heavy atom. The summed E-state index contributed by atoms with van der Waals surface area (Å²) in [5, 5.41) is 13.7. The van der Waals surface area contributed by atoms with Crippen LogP contribution in [0.3, 0.4) is 0 Å². The second-order valence-electron chi connectivity index (χ2n) is 6.77. The molecule has 154 valence electrons. The van der Waals surface area contributed by atoms with E-state index in [9.17, 15) is 9.90 Å². The zero-order valence-corrected chi connectivity index (χ0v) is 17.8. The van der Waals surface area contributed by atoms with Crippen molar-refractivity contribution in [2.45, 2.75) is 0 Å². The first-order valence-electron chi connectivity index (χ1n) is 9.27. The normalized spacial score (nSPS) is 16.0. The van der Waals surface area contributed by atoms with Gasteiger partial charge in [-0.1, -0.05) is 18.2 Å². The number of pyridine rings is 1. The van der Waals surface area contributed by atoms with E-state index in [2.05, 4.69) is 16.9 Å². The first kappa shape index (κ1) is 20.7. The molecule has 0 fully saturated rings. The summed E-state index contributed by atoms with van der Waals surface area (Å²) in [6.07, 6.45) is 10.2. The number of nitrogens with two attached hydrogens (primary N) is 1. The highest BCUT2D eigenvalue weighted by Gasteiger charge is 2.26. The van der Waals surface area contributed by atoms with E-state index in [1.807, 2.05) is 30.4 Å². The van der Waals surface area contributed by atoms with Gasteiger partial charge in [0.2, 0.25) is 22.2 Å². The molecule has 2 aliphatic rings. The number of allylic oxidation sites excluding steroid dienone is 1. The first-order chi connectivity index (χ1) is 14.9. The molecule has 0 atom stereocenters. The minimum absolute atomic E-state index is 0.0338. The molecule has 4 N–H and O–H groups in total. The number of anilines is 1. The van der Waals surface area contributed by atoms with Crippen molar-refractivity contribution in [1.29, 1.82) is 0 Å². The van der Waals surface area contributed by atoms with Crippen molar-refractivity contribution in [3.63, 3.8) is 0 Å². The van der Waals surface area contributed by atoms with Crippen LogP contribution in [0.15, 0.2) is 71.2 Å². The van der Waals surface area contributed by atoms with Crippen LogP contribution in [0, 0.1) is 0 Å². The van der Waals surface area contributed by atoms with E-state index in [0.717, 1.165) is 21.3 Å². The van der Waals surface area contributed by atoms with Crippen molar-refractivity contribution in [3.05, 3.63) is 98.0 Å². The van der Waals surface area contributed by atoms with Crippen molar-refractivity contribution in [3.8, 4) is 0 Å². The number of benzene rings is 1. The lowest BCUT2D eigenvalue weighted by Crippen LogP contribution is -2.22. The number of aliphatic hydroxyl groups is 1. The van der Waals surface area contributed by atoms with Crippen molar-refractivity contribution in [2.75, 3.05) is 12.3 Å². The fourth-order valence-corrected chi connectivity index (χ4v) is 4.09. The maximum absolute atomic E-state index is 12.1. The molecule has 0 aliphatic carbocycles. The number of nitrogens with one attached hydrogen (secondary N) is 1. The fourth-order valence-electron chi connectivity index (χ4n) is 2.96. The summed E-state index contributed by atoms with van der Waals surface area (Å²) in [6, 6.07) is 7.22. The van der Waals surface area contributed by atoms with Gasteiger partial charge in [0.05, 0.1) is 11.6 Å². The van der Waals surface area contributed by atoms with Crippen LogP contribution in [-0.2, 0) is 16.1 Å². The second-order valence-corrected chi connectivity index (χ2v) is 8.26. The molecule has 1 aromatic carbocycles. The summed E-state index contributed by atoms with van der Waals surface area (Å²) < 4.78 is 5.81. The van der Waals surface area contributed by atoms with Gasteiger partial charge in [0, 0.05) is 29.6 Å². The third kappa shape index (κ3) is 4.79. The SMILES string of the molecule is C=C(O)C1=[S+]C(=c2cc(Cl)c3c(c2)C=C(CNC(=O)/C=C/c2ccc(N)nc2)[O+]=3)C=C1. The standard InChI is InChI=1S/C23H16ClN3O3S/c1-13(28)19-4-5-20(31-19)15-8-16-9-17(30-23(16)18(24)10-15)12-27-22(29)7-3-14-2-6-21(25)26-11-14/h2-11H,1,12H2,(H2-2,25,26,27,28,29)/p+2. The number of hydrogen-bond donors (Lipinski definition) is 3. The Kier molecular flexibility index (Phi) is 5.79. The third-order valence-corrected chi connectivity index (χ3v) is 5.93. The molecule has 3 heterocycles. The van der Waals surface area contributed by atoms with Crippen LogP contribution >= 0.6 is 11.6 Å². The molecular formula is C23H18ClN3O3S+2. The van der Waals surface area contributed by atoms with Gasteiger partial charge in [0.1, 0.15) is 17.4 Å². The number of aromatic nitrogens is 1. The Bertz CT molecular complexity index is 1340. The zero-order chi connectivity index (χ0) is 22.0. The highest BCUT2D eigenvalue weighted by atomic mass is 35.5. The van der Waals surface area contributed by atoms with Crippen LogP contribution in [0.2, 0.25) is 5.02 Å². The Balaban J connectivity index is 1.48. The summed E-state index contributed by atoms with van der Waals surface area (Å²) in [5.74, 6) is 0.776. The summed E-state index contributed by atoms with van der Waals surface area (Å²) in [4.78, 5) is 17.7. The Morgan fingerprint density at radius 3 is 2.90 bits per heavy atom. The van der Waals surface area contributed by atoms with Gasteiger partial charge in [-0.25, -0.2) is 9.41 Å². The molecule has 0 bridgehead atoms. The molecule has 4 rings (SSSR count). The number of fused-ring (bicyclic) bond motifs is 1. The molecule has 0 unspecified atom stereocenters. The number of halogens is 1. The molecular weight excluding hydrogens is 434 g/mol. The molecule has 2 aliphatic heterocycles. The topological polar surface area (TPSA) is 99.5 Å². The maximum Gasteiger partial charge on any atom is 0.379 e. The van der Waals surface area contributed by atoms with Crippen LogP contribution in [0.4, 0.5) is 5.82 Å². The maximum atomic E-state index is 12.1. The number of carbonyl (C=O) groups excluding carboxylic acids is 1. The predicted molar refractivity (Wildman–Crippen MR) is 128 cm³/mol. The smallest absolute Gasteiger partial charge is 0.379 e. The largest absolute Gasteiger partial charge is 0.503 e. The lowest BCUT2D eigenvalue weighted by atomic mass is 10.1. The molecule has 2 aromatic rings. The minimum Gasteiger partial charge on any atom is -0.503 e. The van der Waals surface area contributed by atoms with Crippen LogP contribution in [0.1, 0.15) is 11.1 Å². The summed E-state index contributed by atoms with van der Waals surface area (Å²) in [6.45, 7) is 3.77. The van der Waals surface area contributed by atoms with E-state index in [1.165, 1.54) is 17.4 Å². The van der Waals surface area contributed by atoms with Gasteiger partial charge >= 0.3 is 11.2 Å². The third-order valence-electron chi connectivity index (χ3n) is 4.47. The first-order valence-corrected chi connectivity index (χ1v) is 10.5. The van der Waals surface area contributed by atoms with E-state index >= 15 is 0 Å². The molecule has 1 aromatic heterocycles. The zero-order valence-electron chi connectivity index (χ0n) is 16.3. The van der Waals surface area contributed by atoms with Crippen molar-refractivity contribution >= 4 is 56.6 Å². The van der Waals surface area contributed by atoms with Crippen molar-refractivity contribution in [2.24, 2.45) is 0 Å². The van der Waals surface area contributed by atoms with Gasteiger partial charge in [-0.05, 0) is 35.9 Å². The van der Waals surface area contributed by atoms with Gasteiger partial charge in [-0.2, -0.15) is 0 Å². The lowest BCUT2D eigenvalue weighted by Gasteiger charge is -1.96. The Labute approximate surface area is 187 Å². The number of aliphatic hydroxyl groups excluding tert-OH is 1. The molecule has 8 heteroatoms. The number of amides is 1. The van der Waals surface area contributed by atoms with E-state index in [0.29, 0.717) is 26.9 Å². The van der Waals surface area contributed by atoms with Crippen LogP contribution in [0.5, 0.6) is 0 Å². The molecule has 6 nitrogen and oxygen atoms in total. The minimum atomic E-state index is -0.264. The second kappa shape index (κ2) is 8.67. The van der Waals surface area contributed by atoms with Gasteiger partial charge in [0.15, 0.2) is 5.76 Å². The number of nitrogen functional groups attached to an aromatic ring is 1. The number of carbonyl (C=O) groups is 1. The molecule has 0 spiro atoms. The molecule has 31 heavy (non-hydrogen) atoms. The van der Waals surface area contributed by atoms with Crippen LogP contribution < -0.4 is 21.7 Å². The number of rotatable bonds is 5. The van der Waals surface area contributed by atoms with Crippen molar-refractivity contribution in [1.82, 2.24) is 10.3 Å². The average molecular weight is 452 g/mol. The molecule has 0 saturated carbocycles. The van der Waals surface area contributed by atoms with E-state index in [-0.39, 0.29) is 18.2 Å². The van der Waals surface area contributed by atoms with Gasteiger partial charge in [-0.15, -0.1) is 0 Å². The van der Waals surface area contributed by atoms with Gasteiger partial charge in [0.25, 0.3) is 4.86 Å². The molecule has 1 amide bonds. The van der Waals surface area contributed by atoms with Crippen LogP contribution in [-0.4, -0.2) is 27.4 Å². The Morgan fingerprint density at radius 1 is 1.35 bits per heavy atom. The van der Waals surface area contributed by atoms with Gasteiger partial charge < -0.3 is 16.2 Å². The van der Waals surface area contributed by atoms with Crippen molar-refractivity contribution < 1.29 is 9.90 Å². The van der Waals surface area contributed by atoms with E-state index in [4.69, 9.17) is 21.8 Å². The average Bonchev–Trinajstić information content (AvgIpc) is 3.39. The predicted octanol–water partition coefficient (Wildman–Crippen LogP) is 2.12. The van der Waals surface area contributed by atoms with E-state index < -0.39 is 0 Å².